The van der Waals surface area contributed by atoms with Gasteiger partial charge >= 0.3 is 6.09 Å². The van der Waals surface area contributed by atoms with E-state index in [1.807, 2.05) is 0 Å². The molecule has 2 atom stereocenters. The number of ether oxygens (including phenoxy) is 1. The molecule has 0 saturated carbocycles. The van der Waals surface area contributed by atoms with Crippen LogP contribution in [0.4, 0.5) is 4.79 Å². The molecule has 124 valence electrons. The van der Waals surface area contributed by atoms with E-state index in [1.165, 1.54) is 16.7 Å². The Bertz CT molecular complexity index is 499. The average Bonchev–Trinajstić information content (AvgIpc) is 2.83. The molecule has 0 bridgehead atoms. The number of amides is 2. The van der Waals surface area contributed by atoms with E-state index in [1.54, 1.807) is 20.8 Å². The van der Waals surface area contributed by atoms with Gasteiger partial charge in [-0.15, -0.1) is 0 Å². The summed E-state index contributed by atoms with van der Waals surface area (Å²) in [4.78, 5) is 39.2. The van der Waals surface area contributed by atoms with Crippen molar-refractivity contribution in [1.29, 1.82) is 0 Å². The standard InChI is InChI=1S/C15H24N2O5/c1-10(19)11(8-18)16-9-15(12(16)20)6-5-7-17(15)13(21)22-14(2,3)4/h11,18H,5-9H2,1-4H3. The largest absolute Gasteiger partial charge is 0.444 e. The predicted octanol–water partition coefficient (Wildman–Crippen LogP) is 0.548. The maximum Gasteiger partial charge on any atom is 0.411 e. The Morgan fingerprint density at radius 1 is 1.41 bits per heavy atom. The van der Waals surface area contributed by atoms with Gasteiger partial charge in [-0.05, 0) is 40.5 Å². The first-order valence-corrected chi connectivity index (χ1v) is 7.55. The van der Waals surface area contributed by atoms with Gasteiger partial charge in [0.1, 0.15) is 17.2 Å². The highest BCUT2D eigenvalue weighted by Gasteiger charge is 2.62. The second-order valence-electron chi connectivity index (χ2n) is 7.01. The van der Waals surface area contributed by atoms with Crippen molar-refractivity contribution in [3.05, 3.63) is 0 Å². The van der Waals surface area contributed by atoms with Crippen LogP contribution >= 0.6 is 0 Å². The lowest BCUT2D eigenvalue weighted by Crippen LogP contribution is -2.75. The summed E-state index contributed by atoms with van der Waals surface area (Å²) in [6.07, 6.45) is 0.793. The van der Waals surface area contributed by atoms with E-state index >= 15 is 0 Å². The first kappa shape index (κ1) is 16.7. The Morgan fingerprint density at radius 3 is 2.50 bits per heavy atom. The number of carbonyl (C=O) groups is 3. The van der Waals surface area contributed by atoms with Crippen LogP contribution in [0.15, 0.2) is 0 Å². The van der Waals surface area contributed by atoms with Gasteiger partial charge in [0.15, 0.2) is 5.78 Å². The van der Waals surface area contributed by atoms with E-state index in [0.717, 1.165) is 6.42 Å². The lowest BCUT2D eigenvalue weighted by atomic mass is 9.84. The molecule has 2 unspecified atom stereocenters. The van der Waals surface area contributed by atoms with Crippen molar-refractivity contribution in [3.8, 4) is 0 Å². The monoisotopic (exact) mass is 312 g/mol. The molecule has 2 aliphatic heterocycles. The van der Waals surface area contributed by atoms with Gasteiger partial charge in [-0.3, -0.25) is 14.5 Å². The quantitative estimate of drug-likeness (QED) is 0.769. The Balaban J connectivity index is 2.13. The number of carbonyl (C=O) groups excluding carboxylic acids is 3. The van der Waals surface area contributed by atoms with Gasteiger partial charge in [0.25, 0.3) is 5.91 Å². The highest BCUT2D eigenvalue weighted by Crippen LogP contribution is 2.40. The van der Waals surface area contributed by atoms with Gasteiger partial charge in [0.05, 0.1) is 13.2 Å². The number of hydrogen-bond acceptors (Lipinski definition) is 5. The summed E-state index contributed by atoms with van der Waals surface area (Å²) in [6, 6.07) is -0.820. The van der Waals surface area contributed by atoms with Crippen LogP contribution in [0.25, 0.3) is 0 Å². The smallest absolute Gasteiger partial charge is 0.411 e. The molecule has 0 aromatic carbocycles. The number of aliphatic hydroxyl groups excluding tert-OH is 1. The maximum atomic E-state index is 12.6. The maximum absolute atomic E-state index is 12.6. The van der Waals surface area contributed by atoms with Crippen LogP contribution in [0.1, 0.15) is 40.5 Å². The van der Waals surface area contributed by atoms with Crippen molar-refractivity contribution in [2.24, 2.45) is 0 Å². The van der Waals surface area contributed by atoms with Crippen LogP contribution in [0.2, 0.25) is 0 Å². The van der Waals surface area contributed by atoms with Crippen molar-refractivity contribution in [2.75, 3.05) is 19.7 Å². The van der Waals surface area contributed by atoms with Gasteiger partial charge in [0.2, 0.25) is 0 Å². The van der Waals surface area contributed by atoms with Crippen LogP contribution in [0.3, 0.4) is 0 Å². The van der Waals surface area contributed by atoms with Crippen LogP contribution in [-0.2, 0) is 14.3 Å². The summed E-state index contributed by atoms with van der Waals surface area (Å²) in [5, 5.41) is 9.29. The zero-order valence-electron chi connectivity index (χ0n) is 13.6. The topological polar surface area (TPSA) is 87.2 Å². The van der Waals surface area contributed by atoms with Gasteiger partial charge in [-0.2, -0.15) is 0 Å². The van der Waals surface area contributed by atoms with Crippen molar-refractivity contribution >= 4 is 17.8 Å². The van der Waals surface area contributed by atoms with E-state index in [4.69, 9.17) is 4.74 Å². The molecule has 2 amide bonds. The summed E-state index contributed by atoms with van der Waals surface area (Å²) >= 11 is 0. The van der Waals surface area contributed by atoms with Crippen LogP contribution in [-0.4, -0.2) is 69.6 Å². The lowest BCUT2D eigenvalue weighted by molar-refractivity contribution is -0.168. The van der Waals surface area contributed by atoms with Crippen molar-refractivity contribution in [1.82, 2.24) is 9.80 Å². The third-order valence-corrected chi connectivity index (χ3v) is 4.21. The highest BCUT2D eigenvalue weighted by molar-refractivity contribution is 5.99. The first-order valence-electron chi connectivity index (χ1n) is 7.55. The number of ketones is 1. The van der Waals surface area contributed by atoms with E-state index in [9.17, 15) is 19.5 Å². The summed E-state index contributed by atoms with van der Waals surface area (Å²) in [5.41, 5.74) is -1.52. The zero-order chi connectivity index (χ0) is 16.7. The molecule has 0 radical (unpaired) electrons. The van der Waals surface area contributed by atoms with Gasteiger partial charge in [-0.25, -0.2) is 4.79 Å². The fraction of sp³-hybridized carbons (Fsp3) is 0.800. The average molecular weight is 312 g/mol. The number of rotatable bonds is 3. The summed E-state index contributed by atoms with van der Waals surface area (Å²) in [6.45, 7) is 7.03. The summed E-state index contributed by atoms with van der Waals surface area (Å²) < 4.78 is 5.37. The minimum atomic E-state index is -0.898. The summed E-state index contributed by atoms with van der Waals surface area (Å²) in [7, 11) is 0. The van der Waals surface area contributed by atoms with Crippen LogP contribution < -0.4 is 0 Å². The third kappa shape index (κ3) is 2.69. The normalized spacial score (nSPS) is 26.1. The second kappa shape index (κ2) is 5.53. The minimum absolute atomic E-state index is 0.257. The van der Waals surface area contributed by atoms with Crippen LogP contribution in [0.5, 0.6) is 0 Å². The predicted molar refractivity (Wildman–Crippen MR) is 78.2 cm³/mol. The molecular formula is C15H24N2O5. The molecule has 1 N–H and O–H groups in total. The number of β-lactam (4-membered cyclic amide) rings is 1. The lowest BCUT2D eigenvalue weighted by Gasteiger charge is -2.52. The van der Waals surface area contributed by atoms with Gasteiger partial charge in [0, 0.05) is 6.54 Å². The zero-order valence-corrected chi connectivity index (χ0v) is 13.6. The molecule has 2 fully saturated rings. The Hall–Kier alpha value is -1.63. The highest BCUT2D eigenvalue weighted by atomic mass is 16.6. The number of Topliss-reactive ketones (excluding diaryl/α,β-unsaturated/α-hetero) is 1. The molecule has 7 heteroatoms. The Kier molecular flexibility index (Phi) is 4.21. The second-order valence-corrected chi connectivity index (χ2v) is 7.01. The number of likely N-dealkylation sites (tertiary alicyclic amines) is 2. The van der Waals surface area contributed by atoms with Gasteiger partial charge < -0.3 is 14.7 Å². The number of aliphatic hydroxyl groups is 1. The molecule has 1 spiro atoms. The first-order chi connectivity index (χ1) is 10.1. The molecule has 22 heavy (non-hydrogen) atoms. The van der Waals surface area contributed by atoms with E-state index in [2.05, 4.69) is 0 Å². The van der Waals surface area contributed by atoms with Gasteiger partial charge in [-0.1, -0.05) is 0 Å². The minimum Gasteiger partial charge on any atom is -0.444 e. The fourth-order valence-corrected chi connectivity index (χ4v) is 3.14. The molecule has 2 heterocycles. The number of nitrogens with zero attached hydrogens (tertiary/aromatic N) is 2. The SMILES string of the molecule is CC(=O)C(CO)N1CC2(CCCN2C(=O)OC(C)(C)C)C1=O. The van der Waals surface area contributed by atoms with Crippen molar-refractivity contribution < 1.29 is 24.2 Å². The van der Waals surface area contributed by atoms with E-state index in [0.29, 0.717) is 13.0 Å². The third-order valence-electron chi connectivity index (χ3n) is 4.21. The molecule has 2 rings (SSSR count). The number of hydrogen-bond donors (Lipinski definition) is 1. The summed E-state index contributed by atoms with van der Waals surface area (Å²) in [5.74, 6) is -0.530. The molecule has 0 aromatic heterocycles. The Labute approximate surface area is 130 Å². The van der Waals surface area contributed by atoms with Crippen molar-refractivity contribution in [2.45, 2.75) is 57.7 Å². The van der Waals surface area contributed by atoms with E-state index < -0.39 is 29.9 Å². The fourth-order valence-electron chi connectivity index (χ4n) is 3.14. The molecular weight excluding hydrogens is 288 g/mol. The van der Waals surface area contributed by atoms with Crippen LogP contribution in [0, 0.1) is 0 Å². The molecule has 7 nitrogen and oxygen atoms in total. The van der Waals surface area contributed by atoms with E-state index in [-0.39, 0.29) is 18.2 Å². The Morgan fingerprint density at radius 2 is 2.05 bits per heavy atom. The molecule has 2 aliphatic rings. The molecule has 0 aromatic rings. The molecule has 0 aliphatic carbocycles. The molecule has 2 saturated heterocycles. The van der Waals surface area contributed by atoms with Crippen molar-refractivity contribution in [3.63, 3.8) is 0 Å².